The third-order valence-corrected chi connectivity index (χ3v) is 4.85. The molecule has 0 N–H and O–H groups in total. The van der Waals surface area contributed by atoms with Gasteiger partial charge in [-0.15, -0.1) is 0 Å². The van der Waals surface area contributed by atoms with Crippen LogP contribution in [0.5, 0.6) is 17.2 Å². The third kappa shape index (κ3) is 3.85. The standard InChI is InChI=1S/C24H21N3O4/c1-29-20-11-7-4-8-17(20)15-25-27-23(16-12-13-21(30-2)22(14-16)31-3)26-19-10-6-5-9-18(19)24(27)28/h4-15H,1-3H3. The summed E-state index contributed by atoms with van der Waals surface area (Å²) in [6.07, 6.45) is 1.58. The van der Waals surface area contributed by atoms with Gasteiger partial charge < -0.3 is 14.2 Å². The first-order valence-corrected chi connectivity index (χ1v) is 9.58. The van der Waals surface area contributed by atoms with E-state index in [9.17, 15) is 4.79 Å². The maximum absolute atomic E-state index is 13.3. The Balaban J connectivity index is 1.94. The summed E-state index contributed by atoms with van der Waals surface area (Å²) in [5.74, 6) is 2.15. The van der Waals surface area contributed by atoms with E-state index in [1.807, 2.05) is 36.4 Å². The average molecular weight is 415 g/mol. The summed E-state index contributed by atoms with van der Waals surface area (Å²) in [6.45, 7) is 0. The highest BCUT2D eigenvalue weighted by atomic mass is 16.5. The number of aromatic nitrogens is 2. The van der Waals surface area contributed by atoms with E-state index in [1.54, 1.807) is 57.9 Å². The Kier molecular flexibility index (Phi) is 5.66. The molecule has 4 rings (SSSR count). The summed E-state index contributed by atoms with van der Waals surface area (Å²) in [6, 6.07) is 20.0. The highest BCUT2D eigenvalue weighted by molar-refractivity contribution is 5.84. The van der Waals surface area contributed by atoms with Gasteiger partial charge in [0.05, 0.1) is 38.4 Å². The minimum Gasteiger partial charge on any atom is -0.496 e. The highest BCUT2D eigenvalue weighted by Crippen LogP contribution is 2.31. The van der Waals surface area contributed by atoms with Crippen LogP contribution in [-0.2, 0) is 0 Å². The van der Waals surface area contributed by atoms with Gasteiger partial charge in [-0.1, -0.05) is 24.3 Å². The molecule has 0 spiro atoms. The quantitative estimate of drug-likeness (QED) is 0.446. The molecule has 0 amide bonds. The fraction of sp³-hybridized carbons (Fsp3) is 0.125. The van der Waals surface area contributed by atoms with Gasteiger partial charge in [0.15, 0.2) is 17.3 Å². The summed E-state index contributed by atoms with van der Waals surface area (Å²) in [5.41, 5.74) is 1.71. The van der Waals surface area contributed by atoms with Gasteiger partial charge in [0, 0.05) is 11.1 Å². The SMILES string of the molecule is COc1ccccc1C=Nn1c(-c2ccc(OC)c(OC)c2)nc2ccccc2c1=O. The Morgan fingerprint density at radius 1 is 0.839 bits per heavy atom. The zero-order valence-electron chi connectivity index (χ0n) is 17.4. The minimum absolute atomic E-state index is 0.276. The van der Waals surface area contributed by atoms with Crippen LogP contribution in [0.3, 0.4) is 0 Å². The Morgan fingerprint density at radius 2 is 1.55 bits per heavy atom. The van der Waals surface area contributed by atoms with E-state index in [0.717, 1.165) is 5.56 Å². The van der Waals surface area contributed by atoms with Crippen LogP contribution >= 0.6 is 0 Å². The molecule has 0 radical (unpaired) electrons. The highest BCUT2D eigenvalue weighted by Gasteiger charge is 2.15. The number of hydrogen-bond donors (Lipinski definition) is 0. The maximum atomic E-state index is 13.3. The predicted molar refractivity (Wildman–Crippen MR) is 121 cm³/mol. The van der Waals surface area contributed by atoms with Crippen molar-refractivity contribution in [3.63, 3.8) is 0 Å². The van der Waals surface area contributed by atoms with Crippen molar-refractivity contribution in [3.8, 4) is 28.6 Å². The monoisotopic (exact) mass is 415 g/mol. The first kappa shape index (κ1) is 20.2. The molecule has 0 saturated carbocycles. The van der Waals surface area contributed by atoms with Gasteiger partial charge in [0.25, 0.3) is 5.56 Å². The molecule has 1 heterocycles. The van der Waals surface area contributed by atoms with Crippen LogP contribution in [0.4, 0.5) is 0 Å². The van der Waals surface area contributed by atoms with Gasteiger partial charge in [-0.3, -0.25) is 4.79 Å². The molecule has 0 aliphatic carbocycles. The molecule has 1 aromatic heterocycles. The summed E-state index contributed by atoms with van der Waals surface area (Å²) >= 11 is 0. The molecule has 7 nitrogen and oxygen atoms in total. The summed E-state index contributed by atoms with van der Waals surface area (Å²) < 4.78 is 17.4. The molecular weight excluding hydrogens is 394 g/mol. The molecule has 0 aliphatic heterocycles. The van der Waals surface area contributed by atoms with E-state index in [0.29, 0.717) is 39.5 Å². The number of fused-ring (bicyclic) bond motifs is 1. The van der Waals surface area contributed by atoms with Gasteiger partial charge in [0.2, 0.25) is 0 Å². The predicted octanol–water partition coefficient (Wildman–Crippen LogP) is 3.97. The lowest BCUT2D eigenvalue weighted by Crippen LogP contribution is -2.20. The van der Waals surface area contributed by atoms with Gasteiger partial charge in [-0.25, -0.2) is 4.98 Å². The molecule has 156 valence electrons. The van der Waals surface area contributed by atoms with Gasteiger partial charge in [-0.05, 0) is 42.5 Å². The molecular formula is C24H21N3O4. The van der Waals surface area contributed by atoms with Crippen molar-refractivity contribution in [2.45, 2.75) is 0 Å². The first-order valence-electron chi connectivity index (χ1n) is 9.58. The van der Waals surface area contributed by atoms with E-state index in [2.05, 4.69) is 5.10 Å². The molecule has 7 heteroatoms. The number of rotatable bonds is 6. The molecule has 0 fully saturated rings. The molecule has 31 heavy (non-hydrogen) atoms. The minimum atomic E-state index is -0.276. The fourth-order valence-corrected chi connectivity index (χ4v) is 3.29. The van der Waals surface area contributed by atoms with Crippen LogP contribution in [0, 0.1) is 0 Å². The molecule has 4 aromatic rings. The van der Waals surface area contributed by atoms with Crippen molar-refractivity contribution in [3.05, 3.63) is 82.6 Å². The lowest BCUT2D eigenvalue weighted by Gasteiger charge is -2.12. The van der Waals surface area contributed by atoms with Gasteiger partial charge in [0.1, 0.15) is 5.75 Å². The molecule has 0 aliphatic rings. The van der Waals surface area contributed by atoms with Crippen molar-refractivity contribution >= 4 is 17.1 Å². The Hall–Kier alpha value is -4.13. The van der Waals surface area contributed by atoms with E-state index in [4.69, 9.17) is 19.2 Å². The van der Waals surface area contributed by atoms with Crippen molar-refractivity contribution in [1.29, 1.82) is 0 Å². The van der Waals surface area contributed by atoms with Crippen LogP contribution in [-0.4, -0.2) is 37.2 Å². The topological polar surface area (TPSA) is 74.9 Å². The number of para-hydroxylation sites is 2. The van der Waals surface area contributed by atoms with Crippen LogP contribution in [0.25, 0.3) is 22.3 Å². The zero-order chi connectivity index (χ0) is 21.8. The Labute approximate surface area is 179 Å². The lowest BCUT2D eigenvalue weighted by molar-refractivity contribution is 0.355. The Bertz CT molecular complexity index is 1330. The van der Waals surface area contributed by atoms with Crippen molar-refractivity contribution in [1.82, 2.24) is 9.66 Å². The summed E-state index contributed by atoms with van der Waals surface area (Å²) in [7, 11) is 4.72. The molecule has 0 atom stereocenters. The largest absolute Gasteiger partial charge is 0.496 e. The van der Waals surface area contributed by atoms with E-state index < -0.39 is 0 Å². The Morgan fingerprint density at radius 3 is 2.32 bits per heavy atom. The van der Waals surface area contributed by atoms with Crippen molar-refractivity contribution in [2.24, 2.45) is 5.10 Å². The number of hydrogen-bond acceptors (Lipinski definition) is 6. The molecule has 0 bridgehead atoms. The molecule has 3 aromatic carbocycles. The van der Waals surface area contributed by atoms with Crippen molar-refractivity contribution < 1.29 is 14.2 Å². The molecule has 0 unspecified atom stereocenters. The fourth-order valence-electron chi connectivity index (χ4n) is 3.29. The number of nitrogens with zero attached hydrogens (tertiary/aromatic N) is 3. The van der Waals surface area contributed by atoms with Crippen LogP contribution in [0.2, 0.25) is 0 Å². The van der Waals surface area contributed by atoms with Crippen LogP contribution < -0.4 is 19.8 Å². The number of methoxy groups -OCH3 is 3. The van der Waals surface area contributed by atoms with Crippen LogP contribution in [0.15, 0.2) is 76.6 Å². The van der Waals surface area contributed by atoms with E-state index >= 15 is 0 Å². The lowest BCUT2D eigenvalue weighted by atomic mass is 10.1. The second-order valence-corrected chi connectivity index (χ2v) is 6.63. The second kappa shape index (κ2) is 8.71. The van der Waals surface area contributed by atoms with Crippen LogP contribution in [0.1, 0.15) is 5.56 Å². The maximum Gasteiger partial charge on any atom is 0.282 e. The molecule has 0 saturated heterocycles. The second-order valence-electron chi connectivity index (χ2n) is 6.63. The van der Waals surface area contributed by atoms with Gasteiger partial charge >= 0.3 is 0 Å². The first-order chi connectivity index (χ1) is 15.2. The van der Waals surface area contributed by atoms with Gasteiger partial charge in [-0.2, -0.15) is 9.78 Å². The smallest absolute Gasteiger partial charge is 0.282 e. The third-order valence-electron chi connectivity index (χ3n) is 4.85. The zero-order valence-corrected chi connectivity index (χ0v) is 17.4. The summed E-state index contributed by atoms with van der Waals surface area (Å²) in [4.78, 5) is 18.0. The normalized spacial score (nSPS) is 11.1. The van der Waals surface area contributed by atoms with Crippen molar-refractivity contribution in [2.75, 3.05) is 21.3 Å². The summed E-state index contributed by atoms with van der Waals surface area (Å²) in [5, 5.41) is 4.95. The number of ether oxygens (including phenoxy) is 3. The average Bonchev–Trinajstić information content (AvgIpc) is 2.83. The number of benzene rings is 3. The van der Waals surface area contributed by atoms with E-state index in [1.165, 1.54) is 4.68 Å². The van der Waals surface area contributed by atoms with E-state index in [-0.39, 0.29) is 5.56 Å².